The molecule has 178 valence electrons. The summed E-state index contributed by atoms with van der Waals surface area (Å²) in [5.74, 6) is 6.80. The third kappa shape index (κ3) is 3.02. The minimum Gasteiger partial charge on any atom is -0.395 e. The van der Waals surface area contributed by atoms with Crippen LogP contribution in [0.15, 0.2) is 41.0 Å². The second kappa shape index (κ2) is 7.18. The zero-order valence-electron chi connectivity index (χ0n) is 19.4. The van der Waals surface area contributed by atoms with E-state index in [0.717, 1.165) is 36.8 Å². The minimum absolute atomic E-state index is 0.0320. The first-order valence-corrected chi connectivity index (χ1v) is 12.2. The molecular formula is C28H28F2O4. The fraction of sp³-hybridized carbons (Fsp3) is 0.536. The zero-order valence-corrected chi connectivity index (χ0v) is 19.4. The topological polar surface area (TPSA) is 55.8 Å². The molecule has 6 rings (SSSR count). The van der Waals surface area contributed by atoms with Crippen LogP contribution >= 0.6 is 0 Å². The summed E-state index contributed by atoms with van der Waals surface area (Å²) in [6.45, 7) is 3.91. The van der Waals surface area contributed by atoms with E-state index in [1.165, 1.54) is 11.1 Å². The van der Waals surface area contributed by atoms with Crippen molar-refractivity contribution in [2.45, 2.75) is 76.6 Å². The summed E-state index contributed by atoms with van der Waals surface area (Å²) in [4.78, 5) is 12.2. The maximum atomic E-state index is 13.7. The Morgan fingerprint density at radius 3 is 2.71 bits per heavy atom. The number of rotatable bonds is 1. The van der Waals surface area contributed by atoms with Gasteiger partial charge in [0.05, 0.1) is 0 Å². The van der Waals surface area contributed by atoms with Crippen LogP contribution in [0.4, 0.5) is 8.78 Å². The van der Waals surface area contributed by atoms with Gasteiger partial charge >= 0.3 is 6.29 Å². The van der Waals surface area contributed by atoms with Crippen LogP contribution in [0.3, 0.4) is 0 Å². The van der Waals surface area contributed by atoms with E-state index in [-0.39, 0.29) is 35.0 Å². The Labute approximate surface area is 198 Å². The highest BCUT2D eigenvalue weighted by Gasteiger charge is 2.62. The molecule has 0 unspecified atom stereocenters. The van der Waals surface area contributed by atoms with Crippen LogP contribution in [0.5, 0.6) is 11.5 Å². The fourth-order valence-electron chi connectivity index (χ4n) is 7.56. The molecule has 1 N–H and O–H groups in total. The van der Waals surface area contributed by atoms with Crippen molar-refractivity contribution in [1.82, 2.24) is 0 Å². The number of alkyl halides is 2. The molecular weight excluding hydrogens is 438 g/mol. The first-order valence-electron chi connectivity index (χ1n) is 12.2. The van der Waals surface area contributed by atoms with Gasteiger partial charge in [0.25, 0.3) is 0 Å². The van der Waals surface area contributed by atoms with Gasteiger partial charge in [-0.2, -0.15) is 0 Å². The molecule has 1 aromatic carbocycles. The third-order valence-corrected chi connectivity index (χ3v) is 9.05. The summed E-state index contributed by atoms with van der Waals surface area (Å²) in [7, 11) is 0. The second-order valence-electron chi connectivity index (χ2n) is 10.6. The van der Waals surface area contributed by atoms with Gasteiger partial charge in [-0.1, -0.05) is 24.5 Å². The van der Waals surface area contributed by atoms with Gasteiger partial charge in [-0.3, -0.25) is 4.79 Å². The lowest BCUT2D eigenvalue weighted by Gasteiger charge is -2.53. The largest absolute Gasteiger partial charge is 0.586 e. The van der Waals surface area contributed by atoms with Crippen LogP contribution in [-0.2, 0) is 4.79 Å². The molecule has 34 heavy (non-hydrogen) atoms. The van der Waals surface area contributed by atoms with E-state index in [0.29, 0.717) is 19.3 Å². The maximum Gasteiger partial charge on any atom is 0.586 e. The van der Waals surface area contributed by atoms with E-state index in [1.54, 1.807) is 25.1 Å². The van der Waals surface area contributed by atoms with E-state index < -0.39 is 17.3 Å². The minimum atomic E-state index is -3.66. The van der Waals surface area contributed by atoms with E-state index in [9.17, 15) is 18.7 Å². The van der Waals surface area contributed by atoms with E-state index in [2.05, 4.69) is 23.5 Å². The molecule has 2 fully saturated rings. The van der Waals surface area contributed by atoms with Crippen LogP contribution in [0.2, 0.25) is 0 Å². The Balaban J connectivity index is 1.52. The first kappa shape index (κ1) is 21.9. The predicted octanol–water partition coefficient (Wildman–Crippen LogP) is 5.66. The highest BCUT2D eigenvalue weighted by atomic mass is 19.3. The molecule has 0 aromatic heterocycles. The third-order valence-electron chi connectivity index (χ3n) is 9.05. The molecule has 5 atom stereocenters. The molecule has 6 heteroatoms. The standard InChI is InChI=1S/C28H28F2O4/c1-3-11-27(32)12-10-22-20-7-4-16-13-18(31)6-8-19(16)25(20)21(15-26(22,27)2)17-5-9-23-24(14-17)34-28(29,30)33-23/h5,9,13-14,20-22,32H,4,6-8,10,12,15H2,1-2H3/t20-,21+,22-,26-,27+/m0/s1. The number of hydrogen-bond donors (Lipinski definition) is 1. The number of carbonyl (C=O) groups excluding carboxylic acids is 1. The van der Waals surface area contributed by atoms with Gasteiger partial charge in [0.2, 0.25) is 0 Å². The van der Waals surface area contributed by atoms with Gasteiger partial charge in [0, 0.05) is 17.8 Å². The highest BCUT2D eigenvalue weighted by Crippen LogP contribution is 2.66. The van der Waals surface area contributed by atoms with Crippen molar-refractivity contribution in [2.24, 2.45) is 17.3 Å². The average Bonchev–Trinajstić information content (AvgIpc) is 3.23. The van der Waals surface area contributed by atoms with Crippen molar-refractivity contribution in [3.05, 3.63) is 46.6 Å². The number of benzene rings is 1. The van der Waals surface area contributed by atoms with Crippen LogP contribution in [0.25, 0.3) is 0 Å². The Bertz CT molecular complexity index is 1220. The molecule has 5 aliphatic rings. The van der Waals surface area contributed by atoms with Crippen LogP contribution < -0.4 is 9.47 Å². The Morgan fingerprint density at radius 1 is 1.12 bits per heavy atom. The average molecular weight is 467 g/mol. The lowest BCUT2D eigenvalue weighted by Crippen LogP contribution is -2.51. The monoisotopic (exact) mass is 466 g/mol. The number of ketones is 1. The normalized spacial score (nSPS) is 37.3. The number of allylic oxidation sites excluding steroid dienone is 4. The van der Waals surface area contributed by atoms with Crippen LogP contribution in [0.1, 0.15) is 70.3 Å². The number of carbonyl (C=O) groups is 1. The summed E-state index contributed by atoms with van der Waals surface area (Å²) in [5, 5.41) is 11.7. The van der Waals surface area contributed by atoms with E-state index in [1.807, 2.05) is 6.07 Å². The van der Waals surface area contributed by atoms with E-state index in [4.69, 9.17) is 4.74 Å². The summed E-state index contributed by atoms with van der Waals surface area (Å²) in [5.41, 5.74) is 3.09. The molecule has 0 spiro atoms. The Morgan fingerprint density at radius 2 is 1.91 bits per heavy atom. The quantitative estimate of drug-likeness (QED) is 0.543. The van der Waals surface area contributed by atoms with Gasteiger partial charge in [-0.15, -0.1) is 14.7 Å². The summed E-state index contributed by atoms with van der Waals surface area (Å²) >= 11 is 0. The number of ether oxygens (including phenoxy) is 2. The van der Waals surface area contributed by atoms with Crippen LogP contribution in [0, 0.1) is 29.1 Å². The molecule has 1 aliphatic heterocycles. The Hall–Kier alpha value is -2.65. The summed E-state index contributed by atoms with van der Waals surface area (Å²) in [6.07, 6.45) is 3.35. The predicted molar refractivity (Wildman–Crippen MR) is 121 cm³/mol. The lowest BCUT2D eigenvalue weighted by molar-refractivity contribution is -0.286. The molecule has 0 saturated heterocycles. The highest BCUT2D eigenvalue weighted by molar-refractivity contribution is 5.93. The van der Waals surface area contributed by atoms with Crippen molar-refractivity contribution in [3.8, 4) is 23.3 Å². The number of aliphatic hydroxyl groups is 1. The number of fused-ring (bicyclic) bond motifs is 5. The van der Waals surface area contributed by atoms with Crippen molar-refractivity contribution in [2.75, 3.05) is 0 Å². The van der Waals surface area contributed by atoms with Gasteiger partial charge in [0.15, 0.2) is 17.3 Å². The molecule has 4 nitrogen and oxygen atoms in total. The van der Waals surface area contributed by atoms with Crippen molar-refractivity contribution in [1.29, 1.82) is 0 Å². The van der Waals surface area contributed by atoms with Crippen LogP contribution in [-0.4, -0.2) is 22.8 Å². The SMILES string of the molecule is CC#C[C@@]1(O)CC[C@H]2[C@@H]3CCC4=CC(=O)CCC4=C3[C@@H](c3ccc4c(c3)OC(F)(F)O4)C[C@@]21C. The molecule has 0 bridgehead atoms. The first-order chi connectivity index (χ1) is 16.1. The fourth-order valence-corrected chi connectivity index (χ4v) is 7.56. The van der Waals surface area contributed by atoms with Crippen molar-refractivity contribution in [3.63, 3.8) is 0 Å². The maximum absolute atomic E-state index is 13.7. The molecule has 4 aliphatic carbocycles. The molecule has 0 amide bonds. The van der Waals surface area contributed by atoms with E-state index >= 15 is 0 Å². The summed E-state index contributed by atoms with van der Waals surface area (Å²) in [6, 6.07) is 5.06. The molecule has 1 heterocycles. The summed E-state index contributed by atoms with van der Waals surface area (Å²) < 4.78 is 36.8. The van der Waals surface area contributed by atoms with Crippen molar-refractivity contribution >= 4 is 5.78 Å². The lowest BCUT2D eigenvalue weighted by atomic mass is 9.51. The molecule has 0 radical (unpaired) electrons. The van der Waals surface area contributed by atoms with Gasteiger partial charge in [0.1, 0.15) is 5.60 Å². The number of hydrogen-bond acceptors (Lipinski definition) is 4. The zero-order chi connectivity index (χ0) is 23.9. The smallest absolute Gasteiger partial charge is 0.395 e. The van der Waals surface area contributed by atoms with Gasteiger partial charge in [-0.05, 0) is 92.2 Å². The van der Waals surface area contributed by atoms with Gasteiger partial charge in [-0.25, -0.2) is 0 Å². The Kier molecular flexibility index (Phi) is 4.61. The molecule has 1 aromatic rings. The van der Waals surface area contributed by atoms with Gasteiger partial charge < -0.3 is 14.6 Å². The van der Waals surface area contributed by atoms with Crippen molar-refractivity contribution < 1.29 is 28.2 Å². The number of halogens is 2. The molecule has 2 saturated carbocycles. The second-order valence-corrected chi connectivity index (χ2v) is 10.6.